The van der Waals surface area contributed by atoms with Gasteiger partial charge in [0.15, 0.2) is 0 Å². The highest BCUT2D eigenvalue weighted by molar-refractivity contribution is 5.37. The summed E-state index contributed by atoms with van der Waals surface area (Å²) in [5, 5.41) is 8.76. The van der Waals surface area contributed by atoms with E-state index >= 15 is 0 Å². The molecular formula is C17H18FN3O2. The normalized spacial score (nSPS) is 11.1. The molecule has 5 nitrogen and oxygen atoms in total. The van der Waals surface area contributed by atoms with Crippen LogP contribution in [0.1, 0.15) is 37.9 Å². The number of nitriles is 1. The number of hydrogen-bond donors (Lipinski definition) is 0. The van der Waals surface area contributed by atoms with Gasteiger partial charge in [0.1, 0.15) is 23.5 Å². The van der Waals surface area contributed by atoms with E-state index in [4.69, 9.17) is 14.7 Å². The molecule has 0 aliphatic carbocycles. The molecule has 6 heteroatoms. The van der Waals surface area contributed by atoms with Gasteiger partial charge in [0, 0.05) is 24.7 Å². The van der Waals surface area contributed by atoms with E-state index in [2.05, 4.69) is 9.97 Å². The lowest BCUT2D eigenvalue weighted by Gasteiger charge is -2.18. The van der Waals surface area contributed by atoms with Crippen molar-refractivity contribution < 1.29 is 13.9 Å². The van der Waals surface area contributed by atoms with Gasteiger partial charge in [-0.15, -0.1) is 0 Å². The van der Waals surface area contributed by atoms with Crippen molar-refractivity contribution >= 4 is 0 Å². The summed E-state index contributed by atoms with van der Waals surface area (Å²) < 4.78 is 24.4. The lowest BCUT2D eigenvalue weighted by atomic mass is 9.95. The van der Waals surface area contributed by atoms with E-state index in [-0.39, 0.29) is 16.7 Å². The monoisotopic (exact) mass is 315 g/mol. The molecule has 0 aliphatic heterocycles. The molecule has 0 aliphatic rings. The fraction of sp³-hybridized carbons (Fsp3) is 0.353. The van der Waals surface area contributed by atoms with Crippen LogP contribution in [-0.4, -0.2) is 17.1 Å². The average molecular weight is 315 g/mol. The molecule has 120 valence electrons. The summed E-state index contributed by atoms with van der Waals surface area (Å²) in [6, 6.07) is 7.47. The second-order valence-electron chi connectivity index (χ2n) is 6.06. The first kappa shape index (κ1) is 16.8. The first-order chi connectivity index (χ1) is 10.8. The van der Waals surface area contributed by atoms with Gasteiger partial charge in [0.25, 0.3) is 0 Å². The molecule has 1 aromatic carbocycles. The molecule has 2 aromatic rings. The third-order valence-corrected chi connectivity index (χ3v) is 3.00. The number of methoxy groups -OCH3 is 1. The molecule has 0 unspecified atom stereocenters. The number of rotatable bonds is 4. The van der Waals surface area contributed by atoms with Crippen LogP contribution in [0.25, 0.3) is 0 Å². The van der Waals surface area contributed by atoms with Crippen LogP contribution in [0.5, 0.6) is 11.6 Å². The average Bonchev–Trinajstić information content (AvgIpc) is 2.46. The molecule has 0 spiro atoms. The molecule has 2 rings (SSSR count). The zero-order valence-electron chi connectivity index (χ0n) is 13.6. The largest absolute Gasteiger partial charge is 0.439 e. The van der Waals surface area contributed by atoms with Gasteiger partial charge in [-0.3, -0.25) is 0 Å². The van der Waals surface area contributed by atoms with E-state index in [9.17, 15) is 4.39 Å². The smallest absolute Gasteiger partial charge is 0.222 e. The van der Waals surface area contributed by atoms with Crippen LogP contribution >= 0.6 is 0 Å². The van der Waals surface area contributed by atoms with Crippen molar-refractivity contribution in [3.8, 4) is 17.7 Å². The summed E-state index contributed by atoms with van der Waals surface area (Å²) in [7, 11) is 1.58. The Balaban J connectivity index is 2.37. The molecule has 0 saturated heterocycles. The standard InChI is InChI=1S/C17H18FN3O2/c1-17(2,3)16-20-12(10-22-4)7-15(21-16)23-13-6-5-11(9-19)14(18)8-13/h5-8H,10H2,1-4H3. The van der Waals surface area contributed by atoms with Crippen LogP contribution in [0.4, 0.5) is 4.39 Å². The van der Waals surface area contributed by atoms with Gasteiger partial charge in [-0.1, -0.05) is 20.8 Å². The van der Waals surface area contributed by atoms with Gasteiger partial charge in [-0.2, -0.15) is 10.2 Å². The molecule has 0 radical (unpaired) electrons. The maximum absolute atomic E-state index is 13.7. The van der Waals surface area contributed by atoms with E-state index in [1.807, 2.05) is 20.8 Å². The first-order valence-electron chi connectivity index (χ1n) is 7.08. The predicted octanol–water partition coefficient (Wildman–Crippen LogP) is 3.72. The number of benzene rings is 1. The van der Waals surface area contributed by atoms with Crippen LogP contribution in [0.15, 0.2) is 24.3 Å². The Morgan fingerprint density at radius 1 is 1.22 bits per heavy atom. The molecule has 23 heavy (non-hydrogen) atoms. The van der Waals surface area contributed by atoms with E-state index in [1.54, 1.807) is 19.2 Å². The molecule has 0 amide bonds. The quantitative estimate of drug-likeness (QED) is 0.860. The fourth-order valence-corrected chi connectivity index (χ4v) is 1.85. The SMILES string of the molecule is COCc1cc(Oc2ccc(C#N)c(F)c2)nc(C(C)(C)C)n1. The molecule has 1 heterocycles. The third kappa shape index (κ3) is 4.24. The van der Waals surface area contributed by atoms with Crippen molar-refractivity contribution in [2.45, 2.75) is 32.8 Å². The van der Waals surface area contributed by atoms with E-state index < -0.39 is 5.82 Å². The number of halogens is 1. The van der Waals surface area contributed by atoms with Crippen molar-refractivity contribution in [2.75, 3.05) is 7.11 Å². The van der Waals surface area contributed by atoms with E-state index in [0.29, 0.717) is 24.0 Å². The summed E-state index contributed by atoms with van der Waals surface area (Å²) >= 11 is 0. The van der Waals surface area contributed by atoms with Crippen molar-refractivity contribution in [1.29, 1.82) is 5.26 Å². The lowest BCUT2D eigenvalue weighted by molar-refractivity contribution is 0.180. The molecule has 0 saturated carbocycles. The Morgan fingerprint density at radius 3 is 2.52 bits per heavy atom. The Morgan fingerprint density at radius 2 is 1.96 bits per heavy atom. The van der Waals surface area contributed by atoms with Crippen LogP contribution in [-0.2, 0) is 16.8 Å². The molecular weight excluding hydrogens is 297 g/mol. The molecule has 1 aromatic heterocycles. The van der Waals surface area contributed by atoms with Crippen molar-refractivity contribution in [3.63, 3.8) is 0 Å². The lowest BCUT2D eigenvalue weighted by Crippen LogP contribution is -2.17. The molecule has 0 fully saturated rings. The highest BCUT2D eigenvalue weighted by Crippen LogP contribution is 2.26. The van der Waals surface area contributed by atoms with Gasteiger partial charge >= 0.3 is 0 Å². The van der Waals surface area contributed by atoms with Crippen LogP contribution in [0.3, 0.4) is 0 Å². The topological polar surface area (TPSA) is 68.0 Å². The van der Waals surface area contributed by atoms with E-state index in [1.165, 1.54) is 12.1 Å². The molecule has 0 bridgehead atoms. The third-order valence-electron chi connectivity index (χ3n) is 3.00. The second kappa shape index (κ2) is 6.71. The van der Waals surface area contributed by atoms with Crippen LogP contribution in [0, 0.1) is 17.1 Å². The van der Waals surface area contributed by atoms with Crippen molar-refractivity contribution in [1.82, 2.24) is 9.97 Å². The van der Waals surface area contributed by atoms with Crippen molar-refractivity contribution in [3.05, 3.63) is 47.2 Å². The zero-order chi connectivity index (χ0) is 17.0. The summed E-state index contributed by atoms with van der Waals surface area (Å²) in [6.07, 6.45) is 0. The van der Waals surface area contributed by atoms with Crippen LogP contribution < -0.4 is 4.74 Å². The Bertz CT molecular complexity index is 748. The Hall–Kier alpha value is -2.52. The van der Waals surface area contributed by atoms with Gasteiger partial charge < -0.3 is 9.47 Å². The van der Waals surface area contributed by atoms with Gasteiger partial charge in [-0.05, 0) is 12.1 Å². The van der Waals surface area contributed by atoms with Gasteiger partial charge in [0.2, 0.25) is 5.88 Å². The van der Waals surface area contributed by atoms with Crippen molar-refractivity contribution in [2.24, 2.45) is 0 Å². The molecule has 0 atom stereocenters. The Kier molecular flexibility index (Phi) is 4.92. The zero-order valence-corrected chi connectivity index (χ0v) is 13.6. The highest BCUT2D eigenvalue weighted by Gasteiger charge is 2.20. The number of aromatic nitrogens is 2. The number of ether oxygens (including phenoxy) is 2. The molecule has 0 N–H and O–H groups in total. The number of nitrogens with zero attached hydrogens (tertiary/aromatic N) is 3. The number of hydrogen-bond acceptors (Lipinski definition) is 5. The minimum Gasteiger partial charge on any atom is -0.439 e. The van der Waals surface area contributed by atoms with Gasteiger partial charge in [0.05, 0.1) is 17.9 Å². The summed E-state index contributed by atoms with van der Waals surface area (Å²) in [5.41, 5.74) is 0.379. The maximum Gasteiger partial charge on any atom is 0.222 e. The predicted molar refractivity (Wildman–Crippen MR) is 82.6 cm³/mol. The van der Waals surface area contributed by atoms with Gasteiger partial charge in [-0.25, -0.2) is 9.37 Å². The maximum atomic E-state index is 13.7. The minimum absolute atomic E-state index is 0.0320. The van der Waals surface area contributed by atoms with E-state index in [0.717, 1.165) is 6.07 Å². The summed E-state index contributed by atoms with van der Waals surface area (Å²) in [4.78, 5) is 8.83. The summed E-state index contributed by atoms with van der Waals surface area (Å²) in [6.45, 7) is 6.29. The fourth-order valence-electron chi connectivity index (χ4n) is 1.85. The summed E-state index contributed by atoms with van der Waals surface area (Å²) in [5.74, 6) is 0.549. The highest BCUT2D eigenvalue weighted by atomic mass is 19.1. The minimum atomic E-state index is -0.632. The second-order valence-corrected chi connectivity index (χ2v) is 6.06. The first-order valence-corrected chi connectivity index (χ1v) is 7.08. The Labute approximate surface area is 134 Å². The van der Waals surface area contributed by atoms with Crippen LogP contribution in [0.2, 0.25) is 0 Å².